The molecule has 1 rings (SSSR count). The molecule has 0 atom stereocenters. The van der Waals surface area contributed by atoms with E-state index in [2.05, 4.69) is 17.8 Å². The molecule has 1 aromatic carbocycles. The summed E-state index contributed by atoms with van der Waals surface area (Å²) in [5.41, 5.74) is 2.06. The number of benzene rings is 1. The van der Waals surface area contributed by atoms with Crippen LogP contribution in [0, 0.1) is 30.1 Å². The minimum absolute atomic E-state index is 0.121. The van der Waals surface area contributed by atoms with Crippen LogP contribution in [0.4, 0.5) is 0 Å². The Labute approximate surface area is 103 Å². The number of Topliss-reactive ketones (excluding diaryl/α,β-unsaturated/α-hetero) is 1. The summed E-state index contributed by atoms with van der Waals surface area (Å²) in [4.78, 5) is 11.5. The van der Waals surface area contributed by atoms with E-state index in [1.54, 1.807) is 0 Å². The van der Waals surface area contributed by atoms with Crippen molar-refractivity contribution >= 4 is 5.78 Å². The zero-order chi connectivity index (χ0) is 12.7. The van der Waals surface area contributed by atoms with Crippen LogP contribution < -0.4 is 0 Å². The summed E-state index contributed by atoms with van der Waals surface area (Å²) in [6, 6.07) is 7.85. The van der Waals surface area contributed by atoms with E-state index in [1.165, 1.54) is 0 Å². The number of terminal acetylenes is 1. The first kappa shape index (κ1) is 13.1. The number of aryl methyl sites for hydroxylation is 1. The van der Waals surface area contributed by atoms with Crippen LogP contribution in [-0.2, 0) is 11.2 Å². The van der Waals surface area contributed by atoms with E-state index < -0.39 is 0 Å². The summed E-state index contributed by atoms with van der Waals surface area (Å²) in [6.45, 7) is 3.86. The number of carbonyl (C=O) groups excluding carboxylic acids is 1. The van der Waals surface area contributed by atoms with Gasteiger partial charge in [0.15, 0.2) is 0 Å². The number of carbonyl (C=O) groups is 1. The molecule has 0 aliphatic rings. The quantitative estimate of drug-likeness (QED) is 0.719. The van der Waals surface area contributed by atoms with Gasteiger partial charge in [-0.05, 0) is 36.0 Å². The molecule has 0 radical (unpaired) electrons. The molecule has 0 unspecified atom stereocenters. The van der Waals surface area contributed by atoms with Gasteiger partial charge in [0.25, 0.3) is 0 Å². The van der Waals surface area contributed by atoms with Crippen molar-refractivity contribution in [2.45, 2.75) is 26.7 Å². The monoisotopic (exact) mass is 224 g/mol. The van der Waals surface area contributed by atoms with Crippen molar-refractivity contribution in [1.29, 1.82) is 0 Å². The van der Waals surface area contributed by atoms with Crippen molar-refractivity contribution in [2.24, 2.45) is 5.92 Å². The Morgan fingerprint density at radius 3 is 2.47 bits per heavy atom. The van der Waals surface area contributed by atoms with Gasteiger partial charge < -0.3 is 0 Å². The summed E-state index contributed by atoms with van der Waals surface area (Å²) in [5.74, 6) is 8.13. The predicted octanol–water partition coefficient (Wildman–Crippen LogP) is 2.83. The van der Waals surface area contributed by atoms with E-state index >= 15 is 0 Å². The third-order valence-corrected chi connectivity index (χ3v) is 2.54. The van der Waals surface area contributed by atoms with Gasteiger partial charge in [0, 0.05) is 17.9 Å². The third-order valence-electron chi connectivity index (χ3n) is 2.54. The molecule has 1 heteroatoms. The first-order valence-corrected chi connectivity index (χ1v) is 5.71. The molecule has 0 saturated heterocycles. The molecule has 0 spiro atoms. The van der Waals surface area contributed by atoms with Gasteiger partial charge in [-0.25, -0.2) is 0 Å². The van der Waals surface area contributed by atoms with Crippen molar-refractivity contribution < 1.29 is 4.79 Å². The molecule has 86 valence electrons. The molecule has 0 N–H and O–H groups in total. The second-order valence-electron chi connectivity index (χ2n) is 4.21. The van der Waals surface area contributed by atoms with Crippen molar-refractivity contribution in [3.05, 3.63) is 35.4 Å². The maximum Gasteiger partial charge on any atom is 0.135 e. The molecule has 0 saturated carbocycles. The lowest BCUT2D eigenvalue weighted by Crippen LogP contribution is -2.07. The fraction of sp³-hybridized carbons (Fsp3) is 0.312. The molecule has 0 amide bonds. The highest BCUT2D eigenvalue weighted by Crippen LogP contribution is 2.08. The summed E-state index contributed by atoms with van der Waals surface area (Å²) in [5, 5.41) is 0. The van der Waals surface area contributed by atoms with Crippen LogP contribution in [0.3, 0.4) is 0 Å². The smallest absolute Gasteiger partial charge is 0.135 e. The first-order valence-electron chi connectivity index (χ1n) is 5.71. The van der Waals surface area contributed by atoms with Crippen LogP contribution in [-0.4, -0.2) is 5.78 Å². The lowest BCUT2D eigenvalue weighted by Gasteiger charge is -2.04. The number of ketones is 1. The van der Waals surface area contributed by atoms with Crippen molar-refractivity contribution in [3.8, 4) is 24.2 Å². The Morgan fingerprint density at radius 2 is 1.94 bits per heavy atom. The molecule has 17 heavy (non-hydrogen) atoms. The maximum absolute atomic E-state index is 11.5. The minimum atomic E-state index is 0.121. The third kappa shape index (κ3) is 4.58. The number of hydrogen-bond acceptors (Lipinski definition) is 1. The molecule has 0 bridgehead atoms. The fourth-order valence-corrected chi connectivity index (χ4v) is 1.42. The van der Waals surface area contributed by atoms with Gasteiger partial charge in [-0.2, -0.15) is 0 Å². The molecule has 0 heterocycles. The Balaban J connectivity index is 2.58. The molecule has 0 aliphatic heterocycles. The average molecular weight is 224 g/mol. The van der Waals surface area contributed by atoms with Gasteiger partial charge in [-0.3, -0.25) is 4.79 Å². The lowest BCUT2D eigenvalue weighted by atomic mass is 10.0. The Kier molecular flexibility index (Phi) is 5.05. The highest BCUT2D eigenvalue weighted by atomic mass is 16.1. The van der Waals surface area contributed by atoms with E-state index in [0.29, 0.717) is 12.2 Å². The summed E-state index contributed by atoms with van der Waals surface area (Å²) >= 11 is 0. The van der Waals surface area contributed by atoms with Crippen molar-refractivity contribution in [2.75, 3.05) is 0 Å². The second kappa shape index (κ2) is 6.56. The van der Waals surface area contributed by atoms with E-state index in [0.717, 1.165) is 17.5 Å². The second-order valence-corrected chi connectivity index (χ2v) is 4.21. The number of rotatable bonds is 4. The van der Waals surface area contributed by atoms with Gasteiger partial charge in [0.05, 0.1) is 0 Å². The first-order chi connectivity index (χ1) is 8.13. The van der Waals surface area contributed by atoms with Crippen LogP contribution in [0.2, 0.25) is 0 Å². The van der Waals surface area contributed by atoms with Gasteiger partial charge in [-0.15, -0.1) is 6.42 Å². The Morgan fingerprint density at radius 1 is 1.29 bits per heavy atom. The van der Waals surface area contributed by atoms with E-state index in [1.807, 2.05) is 38.1 Å². The van der Waals surface area contributed by atoms with E-state index in [-0.39, 0.29) is 5.92 Å². The normalized spacial score (nSPS) is 9.29. The van der Waals surface area contributed by atoms with Crippen molar-refractivity contribution in [3.63, 3.8) is 0 Å². The summed E-state index contributed by atoms with van der Waals surface area (Å²) in [6.07, 6.45) is 6.45. The van der Waals surface area contributed by atoms with E-state index in [9.17, 15) is 4.79 Å². The van der Waals surface area contributed by atoms with Gasteiger partial charge in [-0.1, -0.05) is 31.9 Å². The molecular weight excluding hydrogens is 208 g/mol. The highest BCUT2D eigenvalue weighted by Gasteiger charge is 2.06. The molecule has 1 nitrogen and oxygen atoms in total. The lowest BCUT2D eigenvalue weighted by molar-refractivity contribution is -0.121. The van der Waals surface area contributed by atoms with Gasteiger partial charge in [0.2, 0.25) is 0 Å². The zero-order valence-electron chi connectivity index (χ0n) is 10.3. The number of hydrogen-bond donors (Lipinski definition) is 0. The predicted molar refractivity (Wildman–Crippen MR) is 70.3 cm³/mol. The van der Waals surface area contributed by atoms with Crippen molar-refractivity contribution in [1.82, 2.24) is 0 Å². The summed E-state index contributed by atoms with van der Waals surface area (Å²) < 4.78 is 0. The molecule has 0 fully saturated rings. The van der Waals surface area contributed by atoms with E-state index in [4.69, 9.17) is 6.42 Å². The fourth-order valence-electron chi connectivity index (χ4n) is 1.42. The molecular formula is C16H16O. The van der Waals surface area contributed by atoms with Crippen LogP contribution in [0.15, 0.2) is 24.3 Å². The minimum Gasteiger partial charge on any atom is -0.299 e. The average Bonchev–Trinajstić information content (AvgIpc) is 2.34. The largest absolute Gasteiger partial charge is 0.299 e. The van der Waals surface area contributed by atoms with Crippen LogP contribution >= 0.6 is 0 Å². The molecule has 0 aliphatic carbocycles. The maximum atomic E-state index is 11.5. The van der Waals surface area contributed by atoms with Gasteiger partial charge in [0.1, 0.15) is 5.78 Å². The molecule has 1 aromatic rings. The van der Waals surface area contributed by atoms with Crippen LogP contribution in [0.25, 0.3) is 0 Å². The standard InChI is InChI=1S/C16H16O/c1-4-5-6-14-7-9-15(10-8-14)11-12-16(17)13(2)3/h1,7-10,13H,11-12H2,2-3H3. The topological polar surface area (TPSA) is 17.1 Å². The summed E-state index contributed by atoms with van der Waals surface area (Å²) in [7, 11) is 0. The van der Waals surface area contributed by atoms with Gasteiger partial charge >= 0.3 is 0 Å². The van der Waals surface area contributed by atoms with Crippen LogP contribution in [0.5, 0.6) is 0 Å². The highest BCUT2D eigenvalue weighted by molar-refractivity contribution is 5.80. The van der Waals surface area contributed by atoms with Crippen LogP contribution in [0.1, 0.15) is 31.4 Å². The Hall–Kier alpha value is -1.99. The Bertz CT molecular complexity index is 475. The molecule has 0 aromatic heterocycles. The SMILES string of the molecule is C#CC#Cc1ccc(CCC(=O)C(C)C)cc1. The zero-order valence-corrected chi connectivity index (χ0v) is 10.3.